The summed E-state index contributed by atoms with van der Waals surface area (Å²) >= 11 is 3.69. The predicted octanol–water partition coefficient (Wildman–Crippen LogP) is 3.61. The van der Waals surface area contributed by atoms with Gasteiger partial charge >= 0.3 is 0 Å². The minimum Gasteiger partial charge on any atom is -0.356 e. The van der Waals surface area contributed by atoms with Gasteiger partial charge in [-0.05, 0) is 37.7 Å². The zero-order valence-corrected chi connectivity index (χ0v) is 13.1. The van der Waals surface area contributed by atoms with E-state index in [0.29, 0.717) is 17.2 Å². The van der Waals surface area contributed by atoms with Crippen LogP contribution in [0.3, 0.4) is 0 Å². The van der Waals surface area contributed by atoms with E-state index in [1.807, 2.05) is 0 Å². The van der Waals surface area contributed by atoms with E-state index in [1.54, 1.807) is 0 Å². The Kier molecular flexibility index (Phi) is 5.44. The van der Waals surface area contributed by atoms with Crippen LogP contribution in [0.4, 0.5) is 0 Å². The molecular weight excluding hydrogens is 302 g/mol. The first kappa shape index (κ1) is 14.6. The molecule has 1 aromatic rings. The molecule has 2 nitrogen and oxygen atoms in total. The summed E-state index contributed by atoms with van der Waals surface area (Å²) in [4.78, 5) is 12.4. The van der Waals surface area contributed by atoms with Crippen LogP contribution in [0.15, 0.2) is 24.3 Å². The fourth-order valence-electron chi connectivity index (χ4n) is 2.68. The number of carbonyl (C=O) groups excluding carboxylic acids is 1. The van der Waals surface area contributed by atoms with Gasteiger partial charge in [-0.15, -0.1) is 0 Å². The Morgan fingerprint density at radius 1 is 1.42 bits per heavy atom. The number of alkyl halides is 1. The molecule has 1 aliphatic rings. The van der Waals surface area contributed by atoms with E-state index in [2.05, 4.69) is 52.4 Å². The van der Waals surface area contributed by atoms with Crippen LogP contribution >= 0.6 is 15.9 Å². The number of aryl methyl sites for hydroxylation is 2. The average molecular weight is 324 g/mol. The standard InChI is InChI=1S/C16H22BrNO/c1-12-4-2-5-13(10-12)8-9-16(19)18-11-14-6-3-7-15(14)17/h2,4-5,10,14-15H,3,6-9,11H2,1H3,(H,18,19). The van der Waals surface area contributed by atoms with Crippen LogP contribution in [-0.2, 0) is 11.2 Å². The SMILES string of the molecule is Cc1cccc(CCC(=O)NCC2CCCC2Br)c1. The highest BCUT2D eigenvalue weighted by atomic mass is 79.9. The van der Waals surface area contributed by atoms with Gasteiger partial charge in [0.1, 0.15) is 0 Å². The van der Waals surface area contributed by atoms with Crippen molar-refractivity contribution in [2.24, 2.45) is 5.92 Å². The second-order valence-corrected chi connectivity index (χ2v) is 6.68. The van der Waals surface area contributed by atoms with Crippen molar-refractivity contribution in [1.82, 2.24) is 5.32 Å². The molecule has 0 saturated heterocycles. The lowest BCUT2D eigenvalue weighted by molar-refractivity contribution is -0.121. The first-order valence-corrected chi connectivity index (χ1v) is 8.03. The molecule has 2 atom stereocenters. The van der Waals surface area contributed by atoms with Crippen molar-refractivity contribution >= 4 is 21.8 Å². The van der Waals surface area contributed by atoms with Crippen molar-refractivity contribution in [1.29, 1.82) is 0 Å². The third kappa shape index (κ3) is 4.64. The maximum Gasteiger partial charge on any atom is 0.220 e. The molecule has 1 fully saturated rings. The van der Waals surface area contributed by atoms with Gasteiger partial charge in [0.05, 0.1) is 0 Å². The Labute approximate surface area is 124 Å². The van der Waals surface area contributed by atoms with E-state index in [9.17, 15) is 4.79 Å². The van der Waals surface area contributed by atoms with Crippen molar-refractivity contribution in [3.63, 3.8) is 0 Å². The maximum atomic E-state index is 11.8. The smallest absolute Gasteiger partial charge is 0.220 e. The highest BCUT2D eigenvalue weighted by Gasteiger charge is 2.24. The van der Waals surface area contributed by atoms with Gasteiger partial charge in [0, 0.05) is 17.8 Å². The molecule has 1 N–H and O–H groups in total. The Balaban J connectivity index is 1.70. The van der Waals surface area contributed by atoms with Crippen LogP contribution in [0, 0.1) is 12.8 Å². The molecule has 0 aliphatic heterocycles. The van der Waals surface area contributed by atoms with Crippen LogP contribution < -0.4 is 5.32 Å². The van der Waals surface area contributed by atoms with Crippen molar-refractivity contribution in [2.75, 3.05) is 6.54 Å². The molecule has 0 heterocycles. The number of amides is 1. The molecule has 1 saturated carbocycles. The molecule has 104 valence electrons. The Hall–Kier alpha value is -0.830. The van der Waals surface area contributed by atoms with Crippen molar-refractivity contribution < 1.29 is 4.79 Å². The highest BCUT2D eigenvalue weighted by molar-refractivity contribution is 9.09. The van der Waals surface area contributed by atoms with Crippen LogP contribution in [0.5, 0.6) is 0 Å². The highest BCUT2D eigenvalue weighted by Crippen LogP contribution is 2.30. The fraction of sp³-hybridized carbons (Fsp3) is 0.562. The quantitative estimate of drug-likeness (QED) is 0.824. The van der Waals surface area contributed by atoms with E-state index in [-0.39, 0.29) is 5.91 Å². The summed E-state index contributed by atoms with van der Waals surface area (Å²) in [5.74, 6) is 0.788. The van der Waals surface area contributed by atoms with Crippen LogP contribution in [-0.4, -0.2) is 17.3 Å². The first-order valence-electron chi connectivity index (χ1n) is 7.11. The summed E-state index contributed by atoms with van der Waals surface area (Å²) in [5.41, 5.74) is 2.50. The molecule has 0 aromatic heterocycles. The molecule has 0 radical (unpaired) electrons. The normalized spacial score (nSPS) is 22.4. The molecule has 1 amide bonds. The molecule has 0 spiro atoms. The molecule has 0 bridgehead atoms. The number of carbonyl (C=O) groups is 1. The number of benzene rings is 1. The van der Waals surface area contributed by atoms with Gasteiger partial charge in [0.25, 0.3) is 0 Å². The molecule has 2 rings (SSSR count). The van der Waals surface area contributed by atoms with E-state index in [4.69, 9.17) is 0 Å². The van der Waals surface area contributed by atoms with Gasteiger partial charge in [-0.2, -0.15) is 0 Å². The average Bonchev–Trinajstić information content (AvgIpc) is 2.80. The zero-order valence-electron chi connectivity index (χ0n) is 11.5. The second kappa shape index (κ2) is 7.09. The minimum atomic E-state index is 0.174. The largest absolute Gasteiger partial charge is 0.356 e. The number of hydrogen-bond acceptors (Lipinski definition) is 1. The third-order valence-electron chi connectivity index (χ3n) is 3.85. The van der Waals surface area contributed by atoms with Gasteiger partial charge in [0.15, 0.2) is 0 Å². The number of halogens is 1. The van der Waals surface area contributed by atoms with Crippen LogP contribution in [0.2, 0.25) is 0 Å². The lowest BCUT2D eigenvalue weighted by Crippen LogP contribution is -2.31. The number of nitrogens with one attached hydrogen (secondary N) is 1. The molecule has 19 heavy (non-hydrogen) atoms. The monoisotopic (exact) mass is 323 g/mol. The van der Waals surface area contributed by atoms with Gasteiger partial charge < -0.3 is 5.32 Å². The third-order valence-corrected chi connectivity index (χ3v) is 5.06. The molecular formula is C16H22BrNO. The second-order valence-electron chi connectivity index (χ2n) is 5.50. The summed E-state index contributed by atoms with van der Waals surface area (Å²) in [6.07, 6.45) is 5.16. The first-order chi connectivity index (χ1) is 9.15. The van der Waals surface area contributed by atoms with E-state index >= 15 is 0 Å². The fourth-order valence-corrected chi connectivity index (χ4v) is 3.46. The van der Waals surface area contributed by atoms with Crippen molar-refractivity contribution in [2.45, 2.75) is 43.9 Å². The van der Waals surface area contributed by atoms with Crippen LogP contribution in [0.1, 0.15) is 36.8 Å². The summed E-state index contributed by atoms with van der Waals surface area (Å²) in [5, 5.41) is 3.07. The maximum absolute atomic E-state index is 11.8. The van der Waals surface area contributed by atoms with Gasteiger partial charge in [-0.3, -0.25) is 4.79 Å². The van der Waals surface area contributed by atoms with Crippen molar-refractivity contribution in [3.8, 4) is 0 Å². The lowest BCUT2D eigenvalue weighted by atomic mass is 10.1. The molecule has 2 unspecified atom stereocenters. The van der Waals surface area contributed by atoms with E-state index in [1.165, 1.54) is 30.4 Å². The topological polar surface area (TPSA) is 29.1 Å². The zero-order chi connectivity index (χ0) is 13.7. The summed E-state index contributed by atoms with van der Waals surface area (Å²) in [6, 6.07) is 8.38. The Bertz CT molecular complexity index is 433. The number of hydrogen-bond donors (Lipinski definition) is 1. The predicted molar refractivity (Wildman–Crippen MR) is 82.6 cm³/mol. The summed E-state index contributed by atoms with van der Waals surface area (Å²) < 4.78 is 0. The molecule has 3 heteroatoms. The van der Waals surface area contributed by atoms with Gasteiger partial charge in [-0.25, -0.2) is 0 Å². The molecule has 1 aromatic carbocycles. The molecule has 1 aliphatic carbocycles. The van der Waals surface area contributed by atoms with E-state index in [0.717, 1.165) is 13.0 Å². The summed E-state index contributed by atoms with van der Waals surface area (Å²) in [7, 11) is 0. The minimum absolute atomic E-state index is 0.174. The van der Waals surface area contributed by atoms with Gasteiger partial charge in [0.2, 0.25) is 5.91 Å². The Morgan fingerprint density at radius 3 is 2.95 bits per heavy atom. The van der Waals surface area contributed by atoms with E-state index < -0.39 is 0 Å². The lowest BCUT2D eigenvalue weighted by Gasteiger charge is -2.14. The van der Waals surface area contributed by atoms with Crippen LogP contribution in [0.25, 0.3) is 0 Å². The number of rotatable bonds is 5. The van der Waals surface area contributed by atoms with Crippen molar-refractivity contribution in [3.05, 3.63) is 35.4 Å². The summed E-state index contributed by atoms with van der Waals surface area (Å²) in [6.45, 7) is 2.91. The van der Waals surface area contributed by atoms with Gasteiger partial charge in [-0.1, -0.05) is 52.2 Å². The Morgan fingerprint density at radius 2 is 2.26 bits per heavy atom.